The quantitative estimate of drug-likeness (QED) is 0.842. The van der Waals surface area contributed by atoms with Crippen LogP contribution in [-0.2, 0) is 20.0 Å². The molecule has 5 nitrogen and oxygen atoms in total. The second-order valence-electron chi connectivity index (χ2n) is 5.61. The summed E-state index contributed by atoms with van der Waals surface area (Å²) in [6.45, 7) is 9.25. The highest BCUT2D eigenvalue weighted by molar-refractivity contribution is 7.92. The Balaban J connectivity index is 2.95. The summed E-state index contributed by atoms with van der Waals surface area (Å²) < 4.78 is 23.1. The van der Waals surface area contributed by atoms with Crippen LogP contribution in [0.1, 0.15) is 31.9 Å². The molecule has 0 aromatic carbocycles. The molecule has 0 saturated heterocycles. The molecule has 1 amide bonds. The van der Waals surface area contributed by atoms with E-state index in [1.807, 2.05) is 26.2 Å². The zero-order chi connectivity index (χ0) is 16.3. The van der Waals surface area contributed by atoms with Crippen LogP contribution < -0.4 is 5.32 Å². The largest absolute Gasteiger partial charge is 0.316 e. The van der Waals surface area contributed by atoms with E-state index in [1.54, 1.807) is 0 Å². The third kappa shape index (κ3) is 4.69. The normalized spacial score (nSPS) is 11.7. The van der Waals surface area contributed by atoms with E-state index in [0.29, 0.717) is 10.6 Å². The number of sulfone groups is 1. The van der Waals surface area contributed by atoms with Crippen molar-refractivity contribution in [3.8, 4) is 6.07 Å². The first kappa shape index (κ1) is 17.4. The predicted molar refractivity (Wildman–Crippen MR) is 85.2 cm³/mol. The Bertz CT molecular complexity index is 689. The van der Waals surface area contributed by atoms with Gasteiger partial charge in [-0.15, -0.1) is 17.9 Å². The Hall–Kier alpha value is -1.65. The first-order chi connectivity index (χ1) is 9.60. The third-order valence-corrected chi connectivity index (χ3v) is 5.03. The number of hydrogen-bond donors (Lipinski definition) is 1. The van der Waals surface area contributed by atoms with Gasteiger partial charge in [0.25, 0.3) is 0 Å². The molecule has 1 rings (SSSR count). The molecular formula is C14H18N2O3S2. The van der Waals surface area contributed by atoms with Crippen molar-refractivity contribution in [2.45, 2.75) is 26.2 Å². The van der Waals surface area contributed by atoms with E-state index in [4.69, 9.17) is 0 Å². The molecule has 1 heterocycles. The average molecular weight is 326 g/mol. The second-order valence-corrected chi connectivity index (χ2v) is 8.60. The van der Waals surface area contributed by atoms with E-state index in [0.717, 1.165) is 5.56 Å². The van der Waals surface area contributed by atoms with Crippen molar-refractivity contribution in [3.05, 3.63) is 29.2 Å². The summed E-state index contributed by atoms with van der Waals surface area (Å²) in [6.07, 6.45) is 1.24. The Morgan fingerprint density at radius 1 is 1.52 bits per heavy atom. The number of amides is 1. The molecule has 0 radical (unpaired) electrons. The van der Waals surface area contributed by atoms with Crippen LogP contribution in [0.3, 0.4) is 0 Å². The van der Waals surface area contributed by atoms with E-state index < -0.39 is 21.5 Å². The smallest absolute Gasteiger partial charge is 0.240 e. The van der Waals surface area contributed by atoms with Crippen LogP contribution in [-0.4, -0.2) is 25.8 Å². The van der Waals surface area contributed by atoms with Crippen LogP contribution in [0.5, 0.6) is 0 Å². The molecule has 0 aliphatic rings. The number of nitrogens with zero attached hydrogens (tertiary/aromatic N) is 1. The first-order valence-electron chi connectivity index (χ1n) is 6.24. The van der Waals surface area contributed by atoms with Gasteiger partial charge in [-0.25, -0.2) is 8.42 Å². The topological polar surface area (TPSA) is 87.0 Å². The van der Waals surface area contributed by atoms with Crippen LogP contribution in [0.4, 0.5) is 5.00 Å². The molecule has 0 fully saturated rings. The van der Waals surface area contributed by atoms with Gasteiger partial charge < -0.3 is 5.32 Å². The molecule has 7 heteroatoms. The van der Waals surface area contributed by atoms with Crippen molar-refractivity contribution in [2.24, 2.45) is 0 Å². The molecule has 1 N–H and O–H groups in total. The van der Waals surface area contributed by atoms with Gasteiger partial charge in [0.1, 0.15) is 16.8 Å². The molecule has 0 bridgehead atoms. The number of nitrogens with one attached hydrogen (secondary N) is 1. The fourth-order valence-corrected chi connectivity index (χ4v) is 3.82. The summed E-state index contributed by atoms with van der Waals surface area (Å²) in [5.41, 5.74) is 1.00. The van der Waals surface area contributed by atoms with Crippen molar-refractivity contribution in [1.82, 2.24) is 0 Å². The third-order valence-electron chi connectivity index (χ3n) is 2.69. The minimum absolute atomic E-state index is 0.223. The minimum atomic E-state index is -3.50. The molecule has 0 aliphatic carbocycles. The molecule has 1 aromatic rings. The maximum atomic E-state index is 11.8. The SMILES string of the molecule is C=CCS(=O)(=O)CC(=O)Nc1scc(C(C)(C)C)c1C#N. The average Bonchev–Trinajstić information content (AvgIpc) is 2.70. The maximum absolute atomic E-state index is 11.8. The minimum Gasteiger partial charge on any atom is -0.316 e. The van der Waals surface area contributed by atoms with E-state index in [1.165, 1.54) is 17.4 Å². The molecule has 114 valence electrons. The van der Waals surface area contributed by atoms with Gasteiger partial charge in [-0.2, -0.15) is 5.26 Å². The number of rotatable bonds is 5. The number of carbonyl (C=O) groups is 1. The van der Waals surface area contributed by atoms with Crippen LogP contribution in [0.2, 0.25) is 0 Å². The summed E-state index contributed by atoms with van der Waals surface area (Å²) in [6, 6.07) is 2.07. The first-order valence-corrected chi connectivity index (χ1v) is 8.94. The van der Waals surface area contributed by atoms with Crippen molar-refractivity contribution in [1.29, 1.82) is 5.26 Å². The summed E-state index contributed by atoms with van der Waals surface area (Å²) in [5.74, 6) is -1.51. The lowest BCUT2D eigenvalue weighted by molar-refractivity contribution is -0.113. The molecular weight excluding hydrogens is 308 g/mol. The van der Waals surface area contributed by atoms with Gasteiger partial charge in [-0.1, -0.05) is 26.8 Å². The summed E-state index contributed by atoms with van der Waals surface area (Å²) in [4.78, 5) is 11.8. The summed E-state index contributed by atoms with van der Waals surface area (Å²) >= 11 is 1.23. The Labute approximate surface area is 129 Å². The number of hydrogen-bond acceptors (Lipinski definition) is 5. The van der Waals surface area contributed by atoms with Crippen molar-refractivity contribution in [3.63, 3.8) is 0 Å². The number of nitriles is 1. The highest BCUT2D eigenvalue weighted by Gasteiger charge is 2.24. The zero-order valence-electron chi connectivity index (χ0n) is 12.3. The lowest BCUT2D eigenvalue weighted by Gasteiger charge is -2.17. The fraction of sp³-hybridized carbons (Fsp3) is 0.429. The fourth-order valence-electron chi connectivity index (χ4n) is 1.71. The lowest BCUT2D eigenvalue weighted by atomic mass is 9.86. The summed E-state index contributed by atoms with van der Waals surface area (Å²) in [7, 11) is -3.50. The van der Waals surface area contributed by atoms with E-state index in [-0.39, 0.29) is 11.2 Å². The monoisotopic (exact) mass is 326 g/mol. The highest BCUT2D eigenvalue weighted by atomic mass is 32.2. The van der Waals surface area contributed by atoms with Crippen LogP contribution in [0.15, 0.2) is 18.0 Å². The van der Waals surface area contributed by atoms with Gasteiger partial charge in [-0.3, -0.25) is 4.79 Å². The zero-order valence-corrected chi connectivity index (χ0v) is 13.9. The second kappa shape index (κ2) is 6.41. The van der Waals surface area contributed by atoms with E-state index in [2.05, 4.69) is 18.0 Å². The van der Waals surface area contributed by atoms with E-state index in [9.17, 15) is 18.5 Å². The maximum Gasteiger partial charge on any atom is 0.240 e. The molecule has 21 heavy (non-hydrogen) atoms. The Kier molecular flexibility index (Phi) is 5.31. The van der Waals surface area contributed by atoms with Crippen LogP contribution >= 0.6 is 11.3 Å². The van der Waals surface area contributed by atoms with Crippen LogP contribution in [0.25, 0.3) is 0 Å². The number of carbonyl (C=O) groups excluding carboxylic acids is 1. The molecule has 0 unspecified atom stereocenters. The lowest BCUT2D eigenvalue weighted by Crippen LogP contribution is -2.24. The predicted octanol–water partition coefficient (Wildman–Crippen LogP) is 2.46. The van der Waals surface area contributed by atoms with Gasteiger partial charge in [-0.05, 0) is 16.4 Å². The highest BCUT2D eigenvalue weighted by Crippen LogP contribution is 2.35. The molecule has 0 spiro atoms. The van der Waals surface area contributed by atoms with E-state index >= 15 is 0 Å². The number of anilines is 1. The van der Waals surface area contributed by atoms with Crippen molar-refractivity contribution in [2.75, 3.05) is 16.8 Å². The number of thiophene rings is 1. The Morgan fingerprint density at radius 2 is 2.14 bits per heavy atom. The summed E-state index contributed by atoms with van der Waals surface area (Å²) in [5, 5.41) is 14.0. The van der Waals surface area contributed by atoms with Gasteiger partial charge in [0.05, 0.1) is 11.3 Å². The van der Waals surface area contributed by atoms with Crippen molar-refractivity contribution < 1.29 is 13.2 Å². The Morgan fingerprint density at radius 3 is 2.62 bits per heavy atom. The van der Waals surface area contributed by atoms with Gasteiger partial charge >= 0.3 is 0 Å². The van der Waals surface area contributed by atoms with Gasteiger partial charge in [0, 0.05) is 0 Å². The molecule has 0 aliphatic heterocycles. The molecule has 0 atom stereocenters. The van der Waals surface area contributed by atoms with Gasteiger partial charge in [0.2, 0.25) is 5.91 Å². The molecule has 0 saturated carbocycles. The standard InChI is InChI=1S/C14H18N2O3S2/c1-5-6-21(18,19)9-12(17)16-13-10(7-15)11(8-20-13)14(2,3)4/h5,8H,1,6,9H2,2-4H3,(H,16,17). The van der Waals surface area contributed by atoms with Crippen LogP contribution in [0, 0.1) is 11.3 Å². The van der Waals surface area contributed by atoms with Crippen molar-refractivity contribution >= 4 is 32.1 Å². The van der Waals surface area contributed by atoms with Gasteiger partial charge in [0.15, 0.2) is 9.84 Å². The molecule has 1 aromatic heterocycles.